The molecule has 3 aliphatic rings. The lowest BCUT2D eigenvalue weighted by molar-refractivity contribution is -0.117. The van der Waals surface area contributed by atoms with Gasteiger partial charge in [0, 0.05) is 25.2 Å². The fraction of sp³-hybridized carbons (Fsp3) is 0.579. The smallest absolute Gasteiger partial charge is 0.322 e. The van der Waals surface area contributed by atoms with Gasteiger partial charge in [0.2, 0.25) is 5.91 Å². The first-order chi connectivity index (χ1) is 12.6. The molecule has 3 fully saturated rings. The third-order valence-corrected chi connectivity index (χ3v) is 5.90. The van der Waals surface area contributed by atoms with E-state index in [-0.39, 0.29) is 24.1 Å². The Morgan fingerprint density at radius 2 is 2.04 bits per heavy atom. The van der Waals surface area contributed by atoms with E-state index in [1.807, 2.05) is 11.0 Å². The van der Waals surface area contributed by atoms with Gasteiger partial charge >= 0.3 is 6.03 Å². The topological polar surface area (TPSA) is 61.9 Å². The molecule has 26 heavy (non-hydrogen) atoms. The average molecular weight is 378 g/mol. The number of fused-ring (bicyclic) bond motifs is 1. The van der Waals surface area contributed by atoms with Crippen molar-refractivity contribution in [2.75, 3.05) is 29.9 Å². The molecule has 4 rings (SSSR count). The van der Waals surface area contributed by atoms with E-state index in [1.54, 1.807) is 17.0 Å². The first-order valence-electron chi connectivity index (χ1n) is 9.42. The van der Waals surface area contributed by atoms with Gasteiger partial charge in [0.15, 0.2) is 0 Å². The second kappa shape index (κ2) is 7.45. The number of nitrogens with zero attached hydrogens (tertiary/aromatic N) is 2. The van der Waals surface area contributed by atoms with Crippen molar-refractivity contribution < 1.29 is 14.3 Å². The van der Waals surface area contributed by atoms with Gasteiger partial charge in [0.05, 0.1) is 29.5 Å². The number of urea groups is 1. The number of morpholine rings is 1. The number of nitrogens with one attached hydrogen (secondary N) is 1. The molecule has 1 aromatic carbocycles. The summed E-state index contributed by atoms with van der Waals surface area (Å²) >= 11 is 6.30. The lowest BCUT2D eigenvalue weighted by atomic mass is 9.90. The molecule has 2 saturated heterocycles. The van der Waals surface area contributed by atoms with Crippen molar-refractivity contribution in [3.63, 3.8) is 0 Å². The van der Waals surface area contributed by atoms with E-state index in [9.17, 15) is 9.59 Å². The molecule has 0 radical (unpaired) electrons. The zero-order chi connectivity index (χ0) is 18.1. The van der Waals surface area contributed by atoms with Crippen LogP contribution in [0.25, 0.3) is 0 Å². The molecule has 2 heterocycles. The lowest BCUT2D eigenvalue weighted by Gasteiger charge is -2.43. The second-order valence-corrected chi connectivity index (χ2v) is 7.60. The first-order valence-corrected chi connectivity index (χ1v) is 9.80. The molecule has 0 bridgehead atoms. The maximum Gasteiger partial charge on any atom is 0.322 e. The third-order valence-electron chi connectivity index (χ3n) is 5.57. The van der Waals surface area contributed by atoms with Gasteiger partial charge < -0.3 is 19.9 Å². The molecular weight excluding hydrogens is 354 g/mol. The number of amides is 3. The fourth-order valence-electron chi connectivity index (χ4n) is 4.23. The van der Waals surface area contributed by atoms with Crippen molar-refractivity contribution in [1.82, 2.24) is 4.90 Å². The summed E-state index contributed by atoms with van der Waals surface area (Å²) in [6.07, 6.45) is 5.86. The summed E-state index contributed by atoms with van der Waals surface area (Å²) in [6, 6.07) is 5.35. The molecule has 140 valence electrons. The van der Waals surface area contributed by atoms with Gasteiger partial charge in [0.1, 0.15) is 0 Å². The molecule has 0 aromatic heterocycles. The predicted molar refractivity (Wildman–Crippen MR) is 101 cm³/mol. The predicted octanol–water partition coefficient (Wildman–Crippen LogP) is 3.64. The van der Waals surface area contributed by atoms with E-state index in [2.05, 4.69) is 5.32 Å². The van der Waals surface area contributed by atoms with Crippen molar-refractivity contribution in [2.45, 2.75) is 50.7 Å². The molecule has 1 saturated carbocycles. The fourth-order valence-corrected chi connectivity index (χ4v) is 4.40. The number of anilines is 2. The van der Waals surface area contributed by atoms with Crippen molar-refractivity contribution in [3.05, 3.63) is 23.2 Å². The van der Waals surface area contributed by atoms with Gasteiger partial charge in [-0.15, -0.1) is 0 Å². The Labute approximate surface area is 158 Å². The normalized spacial score (nSPS) is 26.0. The van der Waals surface area contributed by atoms with Crippen molar-refractivity contribution >= 4 is 34.9 Å². The lowest BCUT2D eigenvalue weighted by Crippen LogP contribution is -2.56. The van der Waals surface area contributed by atoms with Crippen LogP contribution in [0.4, 0.5) is 16.2 Å². The van der Waals surface area contributed by atoms with E-state index in [0.717, 1.165) is 37.8 Å². The van der Waals surface area contributed by atoms with Crippen LogP contribution in [0.2, 0.25) is 5.02 Å². The summed E-state index contributed by atoms with van der Waals surface area (Å²) < 4.78 is 5.84. The highest BCUT2D eigenvalue weighted by molar-refractivity contribution is 6.33. The zero-order valence-electron chi connectivity index (χ0n) is 14.7. The summed E-state index contributed by atoms with van der Waals surface area (Å²) in [5.74, 6) is 0.114. The summed E-state index contributed by atoms with van der Waals surface area (Å²) in [5, 5.41) is 3.43. The molecule has 2 atom stereocenters. The number of rotatable bonds is 2. The monoisotopic (exact) mass is 377 g/mol. The molecule has 1 N–H and O–H groups in total. The Morgan fingerprint density at radius 1 is 1.19 bits per heavy atom. The highest BCUT2D eigenvalue weighted by atomic mass is 35.5. The zero-order valence-corrected chi connectivity index (χ0v) is 15.5. The molecule has 1 aromatic rings. The van der Waals surface area contributed by atoms with E-state index >= 15 is 0 Å². The highest BCUT2D eigenvalue weighted by Gasteiger charge is 2.36. The standard InChI is InChI=1S/C19H24ClN3O3/c20-14-8-7-13(22-9-3-6-18(22)24)12-15(14)21-19(25)23-10-11-26-17-5-2-1-4-16(17)23/h7-8,12,16-17H,1-6,9-11H2,(H,21,25). The Bertz CT molecular complexity index is 709. The van der Waals surface area contributed by atoms with Crippen LogP contribution in [0.15, 0.2) is 18.2 Å². The molecule has 0 spiro atoms. The van der Waals surface area contributed by atoms with Gasteiger partial charge in [-0.05, 0) is 37.5 Å². The number of carbonyl (C=O) groups excluding carboxylic acids is 2. The van der Waals surface area contributed by atoms with Gasteiger partial charge in [0.25, 0.3) is 0 Å². The second-order valence-electron chi connectivity index (χ2n) is 7.20. The van der Waals surface area contributed by atoms with Crippen LogP contribution in [0, 0.1) is 0 Å². The van der Waals surface area contributed by atoms with Gasteiger partial charge in [-0.25, -0.2) is 4.79 Å². The van der Waals surface area contributed by atoms with Gasteiger partial charge in [-0.1, -0.05) is 24.4 Å². The number of benzene rings is 1. The molecule has 6 nitrogen and oxygen atoms in total. The van der Waals surface area contributed by atoms with Crippen LogP contribution >= 0.6 is 11.6 Å². The first kappa shape index (κ1) is 17.6. The van der Waals surface area contributed by atoms with Crippen LogP contribution in [0.5, 0.6) is 0 Å². The summed E-state index contributed by atoms with van der Waals surface area (Å²) in [7, 11) is 0. The Morgan fingerprint density at radius 3 is 2.85 bits per heavy atom. The molecule has 2 unspecified atom stereocenters. The summed E-state index contributed by atoms with van der Waals surface area (Å²) in [5.41, 5.74) is 1.33. The summed E-state index contributed by atoms with van der Waals surface area (Å²) in [6.45, 7) is 1.88. The number of halogens is 1. The van der Waals surface area contributed by atoms with E-state index in [1.165, 1.54) is 0 Å². The molecular formula is C19H24ClN3O3. The minimum atomic E-state index is -0.142. The number of carbonyl (C=O) groups is 2. The Hall–Kier alpha value is -1.79. The van der Waals surface area contributed by atoms with E-state index in [0.29, 0.717) is 36.8 Å². The van der Waals surface area contributed by atoms with E-state index in [4.69, 9.17) is 16.3 Å². The van der Waals surface area contributed by atoms with Crippen LogP contribution in [-0.4, -0.2) is 48.7 Å². The highest BCUT2D eigenvalue weighted by Crippen LogP contribution is 2.32. The third kappa shape index (κ3) is 3.40. The molecule has 2 aliphatic heterocycles. The van der Waals surface area contributed by atoms with Gasteiger partial charge in [-0.2, -0.15) is 0 Å². The van der Waals surface area contributed by atoms with Gasteiger partial charge in [-0.3, -0.25) is 4.79 Å². The maximum atomic E-state index is 12.9. The van der Waals surface area contributed by atoms with Crippen molar-refractivity contribution in [3.8, 4) is 0 Å². The summed E-state index contributed by atoms with van der Waals surface area (Å²) in [4.78, 5) is 28.5. The molecule has 1 aliphatic carbocycles. The quantitative estimate of drug-likeness (QED) is 0.855. The molecule has 3 amide bonds. The van der Waals surface area contributed by atoms with Crippen LogP contribution in [0.3, 0.4) is 0 Å². The Kier molecular flexibility index (Phi) is 5.05. The number of hydrogen-bond acceptors (Lipinski definition) is 3. The van der Waals surface area contributed by atoms with Crippen molar-refractivity contribution in [1.29, 1.82) is 0 Å². The van der Waals surface area contributed by atoms with Crippen LogP contribution in [0.1, 0.15) is 38.5 Å². The minimum absolute atomic E-state index is 0.114. The van der Waals surface area contributed by atoms with Crippen molar-refractivity contribution in [2.24, 2.45) is 0 Å². The SMILES string of the molecule is O=C1CCCN1c1ccc(Cl)c(NC(=O)N2CCOC3CCCCC32)c1. The number of ether oxygens (including phenoxy) is 1. The van der Waals surface area contributed by atoms with Crippen LogP contribution in [-0.2, 0) is 9.53 Å². The minimum Gasteiger partial charge on any atom is -0.374 e. The maximum absolute atomic E-state index is 12.9. The average Bonchev–Trinajstić information content (AvgIpc) is 3.09. The largest absolute Gasteiger partial charge is 0.374 e. The van der Waals surface area contributed by atoms with Crippen LogP contribution < -0.4 is 10.2 Å². The molecule has 7 heteroatoms. The number of hydrogen-bond donors (Lipinski definition) is 1. The Balaban J connectivity index is 1.51. The van der Waals surface area contributed by atoms with E-state index < -0.39 is 0 Å².